The van der Waals surface area contributed by atoms with Gasteiger partial charge in [-0.05, 0) is 75.3 Å². The summed E-state index contributed by atoms with van der Waals surface area (Å²) >= 11 is 0. The highest BCUT2D eigenvalue weighted by atomic mass is 16.3. The van der Waals surface area contributed by atoms with E-state index in [-0.39, 0.29) is 11.1 Å². The van der Waals surface area contributed by atoms with Gasteiger partial charge in [0.05, 0.1) is 5.39 Å². The molecule has 5 heteroatoms. The van der Waals surface area contributed by atoms with E-state index in [0.29, 0.717) is 17.2 Å². The van der Waals surface area contributed by atoms with Crippen molar-refractivity contribution in [2.24, 2.45) is 7.05 Å². The van der Waals surface area contributed by atoms with Crippen LogP contribution >= 0.6 is 0 Å². The lowest BCUT2D eigenvalue weighted by molar-refractivity contribution is -0.658. The molecule has 5 nitrogen and oxygen atoms in total. The third-order valence-electron chi connectivity index (χ3n) is 8.46. The van der Waals surface area contributed by atoms with Gasteiger partial charge in [0.25, 0.3) is 0 Å². The second kappa shape index (κ2) is 7.21. The Morgan fingerprint density at radius 2 is 1.94 bits per heavy atom. The number of nitrogens with zero attached hydrogens (tertiary/aromatic N) is 3. The highest BCUT2D eigenvalue weighted by molar-refractivity contribution is 5.97. The molecule has 2 aromatic carbocycles. The number of pyridine rings is 1. The first kappa shape index (κ1) is 21.5. The molecule has 1 atom stereocenters. The summed E-state index contributed by atoms with van der Waals surface area (Å²) < 4.78 is 8.39. The van der Waals surface area contributed by atoms with Crippen molar-refractivity contribution in [3.8, 4) is 11.3 Å². The van der Waals surface area contributed by atoms with Crippen molar-refractivity contribution in [2.45, 2.75) is 58.4 Å². The number of aromatic nitrogens is 1. The van der Waals surface area contributed by atoms with Crippen LogP contribution in [0.1, 0.15) is 57.6 Å². The minimum absolute atomic E-state index is 0.00372. The number of hydrogen-bond donors (Lipinski definition) is 0. The maximum atomic E-state index is 13.5. The van der Waals surface area contributed by atoms with Crippen LogP contribution in [0, 0.1) is 0 Å². The predicted molar refractivity (Wildman–Crippen MR) is 140 cm³/mol. The summed E-state index contributed by atoms with van der Waals surface area (Å²) in [6.45, 7) is 11.1. The summed E-state index contributed by atoms with van der Waals surface area (Å²) in [4.78, 5) is 18.3. The SMILES string of the molecule is CCN1CCCc2cc3c4oc5cc6c(cc5cc-4c(=O)[n+](C)c3cc21)C(C)CC(C)(C)N6C. The fraction of sp³-hybridized carbons (Fsp3) is 0.448. The van der Waals surface area contributed by atoms with Gasteiger partial charge in [-0.25, -0.2) is 4.79 Å². The quantitative estimate of drug-likeness (QED) is 0.219. The summed E-state index contributed by atoms with van der Waals surface area (Å²) in [5.41, 5.74) is 7.66. The molecule has 6 rings (SSSR count). The molecule has 0 spiro atoms. The Labute approximate surface area is 200 Å². The second-order valence-electron chi connectivity index (χ2n) is 11.0. The zero-order chi connectivity index (χ0) is 23.9. The Morgan fingerprint density at radius 1 is 1.15 bits per heavy atom. The Hall–Kier alpha value is -3.08. The van der Waals surface area contributed by atoms with Crippen LogP contribution in [0.15, 0.2) is 39.5 Å². The molecule has 4 heterocycles. The Morgan fingerprint density at radius 3 is 2.71 bits per heavy atom. The number of hydrogen-bond acceptors (Lipinski definition) is 4. The molecule has 1 unspecified atom stereocenters. The maximum absolute atomic E-state index is 13.5. The summed E-state index contributed by atoms with van der Waals surface area (Å²) in [6.07, 6.45) is 3.31. The van der Waals surface area contributed by atoms with E-state index < -0.39 is 0 Å². The van der Waals surface area contributed by atoms with Crippen molar-refractivity contribution >= 4 is 33.2 Å². The molecule has 0 radical (unpaired) electrons. The fourth-order valence-electron chi connectivity index (χ4n) is 6.33. The van der Waals surface area contributed by atoms with Crippen LogP contribution in [0.4, 0.5) is 11.4 Å². The van der Waals surface area contributed by atoms with Crippen molar-refractivity contribution in [1.82, 2.24) is 0 Å². The molecule has 0 aromatic heterocycles. The van der Waals surface area contributed by atoms with E-state index in [0.717, 1.165) is 54.2 Å². The van der Waals surface area contributed by atoms with Crippen molar-refractivity contribution in [3.63, 3.8) is 0 Å². The highest BCUT2D eigenvalue weighted by Crippen LogP contribution is 2.45. The first-order valence-corrected chi connectivity index (χ1v) is 12.6. The van der Waals surface area contributed by atoms with Gasteiger partial charge in [-0.3, -0.25) is 0 Å². The summed E-state index contributed by atoms with van der Waals surface area (Å²) in [6, 6.07) is 10.9. The monoisotopic (exact) mass is 456 g/mol. The molecule has 0 aliphatic carbocycles. The standard InChI is InChI=1S/C29H34N3O2/c1-7-32-10-8-9-18-11-21-24(14-23(18)32)30(5)28(33)22-13-19-12-20-17(2)16-29(3,4)31(6)25(20)15-26(19)34-27(21)22/h11-15,17H,7-10,16H2,1-6H3/q+1. The van der Waals surface area contributed by atoms with Crippen LogP contribution in [0.25, 0.3) is 33.2 Å². The molecular formula is C29H34N3O2+. The first-order valence-electron chi connectivity index (χ1n) is 12.6. The minimum atomic E-state index is -0.00372. The lowest BCUT2D eigenvalue weighted by Gasteiger charge is -2.45. The van der Waals surface area contributed by atoms with Gasteiger partial charge in [-0.2, -0.15) is 4.57 Å². The van der Waals surface area contributed by atoms with Crippen molar-refractivity contribution in [1.29, 1.82) is 0 Å². The molecule has 2 aromatic rings. The van der Waals surface area contributed by atoms with E-state index in [1.807, 2.05) is 13.1 Å². The van der Waals surface area contributed by atoms with Crippen LogP contribution in [0.5, 0.6) is 0 Å². The number of aryl methyl sites for hydroxylation is 2. The molecule has 4 aliphatic heterocycles. The molecule has 0 saturated heterocycles. The Balaban J connectivity index is 1.67. The number of rotatable bonds is 1. The lowest BCUT2D eigenvalue weighted by Crippen LogP contribution is -2.48. The summed E-state index contributed by atoms with van der Waals surface area (Å²) in [5.74, 6) is 1.15. The predicted octanol–water partition coefficient (Wildman–Crippen LogP) is 5.37. The largest absolute Gasteiger partial charge is 0.455 e. The smallest absolute Gasteiger partial charge is 0.423 e. The molecule has 0 saturated carbocycles. The van der Waals surface area contributed by atoms with Gasteiger partial charge in [-0.1, -0.05) is 6.92 Å². The zero-order valence-electron chi connectivity index (χ0n) is 21.2. The van der Waals surface area contributed by atoms with Gasteiger partial charge in [0.1, 0.15) is 18.2 Å². The van der Waals surface area contributed by atoms with E-state index in [9.17, 15) is 4.79 Å². The molecule has 4 aliphatic rings. The average molecular weight is 457 g/mol. The summed E-state index contributed by atoms with van der Waals surface area (Å²) in [5, 5.41) is 2.02. The van der Waals surface area contributed by atoms with Crippen LogP contribution in [-0.2, 0) is 13.5 Å². The van der Waals surface area contributed by atoms with Crippen LogP contribution in [-0.4, -0.2) is 25.7 Å². The third kappa shape index (κ3) is 2.92. The van der Waals surface area contributed by atoms with Gasteiger partial charge in [0.15, 0.2) is 5.76 Å². The molecular weight excluding hydrogens is 422 g/mol. The first-order chi connectivity index (χ1) is 16.2. The Kier molecular flexibility index (Phi) is 4.55. The number of benzene rings is 2. The molecule has 0 bridgehead atoms. The van der Waals surface area contributed by atoms with Gasteiger partial charge in [-0.15, -0.1) is 0 Å². The van der Waals surface area contributed by atoms with E-state index in [2.05, 4.69) is 68.8 Å². The number of fused-ring (bicyclic) bond motifs is 6. The van der Waals surface area contributed by atoms with Crippen molar-refractivity contribution in [3.05, 3.63) is 51.8 Å². The maximum Gasteiger partial charge on any atom is 0.423 e. The highest BCUT2D eigenvalue weighted by Gasteiger charge is 2.35. The van der Waals surface area contributed by atoms with E-state index >= 15 is 0 Å². The molecule has 0 amide bonds. The normalized spacial score (nSPS) is 19.6. The van der Waals surface area contributed by atoms with Crippen molar-refractivity contribution in [2.75, 3.05) is 29.9 Å². The van der Waals surface area contributed by atoms with Crippen molar-refractivity contribution < 1.29 is 8.98 Å². The molecule has 0 fully saturated rings. The van der Waals surface area contributed by atoms with Gasteiger partial charge < -0.3 is 14.2 Å². The van der Waals surface area contributed by atoms with E-state index in [1.165, 1.54) is 22.5 Å². The van der Waals surface area contributed by atoms with E-state index in [1.54, 1.807) is 4.57 Å². The van der Waals surface area contributed by atoms with Crippen LogP contribution in [0.3, 0.4) is 0 Å². The van der Waals surface area contributed by atoms with E-state index in [4.69, 9.17) is 4.42 Å². The third-order valence-corrected chi connectivity index (χ3v) is 8.46. The topological polar surface area (TPSA) is 40.6 Å². The lowest BCUT2D eigenvalue weighted by atomic mass is 9.80. The minimum Gasteiger partial charge on any atom is -0.455 e. The Bertz CT molecular complexity index is 1500. The van der Waals surface area contributed by atoms with Crippen LogP contribution in [0.2, 0.25) is 0 Å². The summed E-state index contributed by atoms with van der Waals surface area (Å²) in [7, 11) is 4.06. The van der Waals surface area contributed by atoms with Gasteiger partial charge in [0.2, 0.25) is 5.52 Å². The molecule has 0 N–H and O–H groups in total. The average Bonchev–Trinajstić information content (AvgIpc) is 2.82. The molecule has 176 valence electrons. The van der Waals surface area contributed by atoms with Crippen LogP contribution < -0.4 is 19.9 Å². The fourth-order valence-corrected chi connectivity index (χ4v) is 6.33. The second-order valence-corrected chi connectivity index (χ2v) is 11.0. The zero-order valence-corrected chi connectivity index (χ0v) is 21.2. The van der Waals surface area contributed by atoms with Gasteiger partial charge >= 0.3 is 5.56 Å². The number of anilines is 2. The molecule has 34 heavy (non-hydrogen) atoms. The van der Waals surface area contributed by atoms with Gasteiger partial charge in [0, 0.05) is 54.6 Å².